The second kappa shape index (κ2) is 5.58. The first-order chi connectivity index (χ1) is 7.19. The Balaban J connectivity index is 2.88. The van der Waals surface area contributed by atoms with E-state index >= 15 is 0 Å². The molecule has 1 atom stereocenters. The lowest BCUT2D eigenvalue weighted by Gasteiger charge is -2.12. The zero-order valence-corrected chi connectivity index (χ0v) is 9.32. The number of hydrogen-bond donors (Lipinski definition) is 1. The fourth-order valence-electron chi connectivity index (χ4n) is 1.21. The molecule has 2 N–H and O–H groups in total. The van der Waals surface area contributed by atoms with E-state index in [1.165, 1.54) is 0 Å². The van der Waals surface area contributed by atoms with Crippen molar-refractivity contribution in [3.63, 3.8) is 0 Å². The maximum atomic E-state index is 5.77. The van der Waals surface area contributed by atoms with Crippen molar-refractivity contribution in [3.8, 4) is 11.5 Å². The molecule has 0 bridgehead atoms. The molecule has 84 valence electrons. The van der Waals surface area contributed by atoms with Crippen LogP contribution in [0.2, 0.25) is 0 Å². The molecule has 0 saturated carbocycles. The van der Waals surface area contributed by atoms with E-state index < -0.39 is 0 Å². The number of nitrogens with two attached hydrogens (primary N) is 1. The third kappa shape index (κ3) is 3.11. The Bertz CT molecular complexity index is 313. The van der Waals surface area contributed by atoms with Crippen LogP contribution in [-0.4, -0.2) is 21.0 Å². The van der Waals surface area contributed by atoms with Gasteiger partial charge in [0.05, 0.1) is 7.11 Å². The van der Waals surface area contributed by atoms with Crippen LogP contribution in [0.1, 0.15) is 18.5 Å². The minimum atomic E-state index is -0.0182. The SMILES string of the molecule is COCOc1ccc([C@@H](C)N)cc1OC. The summed E-state index contributed by atoms with van der Waals surface area (Å²) in [6, 6.07) is 5.60. The lowest BCUT2D eigenvalue weighted by molar-refractivity contribution is 0.0491. The highest BCUT2D eigenvalue weighted by Gasteiger charge is 2.07. The minimum Gasteiger partial charge on any atom is -0.493 e. The summed E-state index contributed by atoms with van der Waals surface area (Å²) in [5.41, 5.74) is 6.78. The summed E-state index contributed by atoms with van der Waals surface area (Å²) in [5, 5.41) is 0. The van der Waals surface area contributed by atoms with Crippen molar-refractivity contribution in [2.24, 2.45) is 5.73 Å². The number of methoxy groups -OCH3 is 2. The van der Waals surface area contributed by atoms with E-state index in [0.717, 1.165) is 5.56 Å². The first kappa shape index (κ1) is 11.8. The Hall–Kier alpha value is -1.26. The molecule has 0 fully saturated rings. The van der Waals surface area contributed by atoms with Gasteiger partial charge in [-0.3, -0.25) is 0 Å². The molecule has 0 radical (unpaired) electrons. The van der Waals surface area contributed by atoms with E-state index in [2.05, 4.69) is 0 Å². The Kier molecular flexibility index (Phi) is 4.39. The molecule has 0 saturated heterocycles. The number of rotatable bonds is 5. The second-order valence-electron chi connectivity index (χ2n) is 3.25. The normalized spacial score (nSPS) is 12.3. The maximum absolute atomic E-state index is 5.77. The lowest BCUT2D eigenvalue weighted by Crippen LogP contribution is -2.06. The molecule has 0 aliphatic rings. The summed E-state index contributed by atoms with van der Waals surface area (Å²) < 4.78 is 15.3. The summed E-state index contributed by atoms with van der Waals surface area (Å²) in [4.78, 5) is 0. The summed E-state index contributed by atoms with van der Waals surface area (Å²) >= 11 is 0. The van der Waals surface area contributed by atoms with Gasteiger partial charge in [0.25, 0.3) is 0 Å². The van der Waals surface area contributed by atoms with Gasteiger partial charge in [0.2, 0.25) is 0 Å². The zero-order valence-electron chi connectivity index (χ0n) is 9.32. The van der Waals surface area contributed by atoms with Crippen molar-refractivity contribution in [3.05, 3.63) is 23.8 Å². The average Bonchev–Trinajstić information content (AvgIpc) is 2.25. The topological polar surface area (TPSA) is 53.7 Å². The van der Waals surface area contributed by atoms with E-state index in [4.69, 9.17) is 19.9 Å². The van der Waals surface area contributed by atoms with Gasteiger partial charge in [-0.05, 0) is 24.6 Å². The van der Waals surface area contributed by atoms with Gasteiger partial charge in [0.15, 0.2) is 18.3 Å². The van der Waals surface area contributed by atoms with Crippen LogP contribution in [0.5, 0.6) is 11.5 Å². The number of benzene rings is 1. The Labute approximate surface area is 89.9 Å². The maximum Gasteiger partial charge on any atom is 0.188 e. The van der Waals surface area contributed by atoms with Crippen LogP contribution < -0.4 is 15.2 Å². The van der Waals surface area contributed by atoms with Gasteiger partial charge >= 0.3 is 0 Å². The molecule has 1 aromatic carbocycles. The van der Waals surface area contributed by atoms with Crippen molar-refractivity contribution in [1.29, 1.82) is 0 Å². The van der Waals surface area contributed by atoms with E-state index in [1.807, 2.05) is 25.1 Å². The van der Waals surface area contributed by atoms with Crippen LogP contribution in [0, 0.1) is 0 Å². The molecule has 0 aliphatic heterocycles. The second-order valence-corrected chi connectivity index (χ2v) is 3.25. The highest BCUT2D eigenvalue weighted by atomic mass is 16.7. The molecule has 0 amide bonds. The highest BCUT2D eigenvalue weighted by molar-refractivity contribution is 5.43. The number of hydrogen-bond acceptors (Lipinski definition) is 4. The first-order valence-electron chi connectivity index (χ1n) is 4.74. The van der Waals surface area contributed by atoms with Crippen molar-refractivity contribution in [1.82, 2.24) is 0 Å². The predicted octanol–water partition coefficient (Wildman–Crippen LogP) is 1.70. The van der Waals surface area contributed by atoms with E-state index in [-0.39, 0.29) is 12.8 Å². The predicted molar refractivity (Wildman–Crippen MR) is 58.1 cm³/mol. The molecular formula is C11H17NO3. The Morgan fingerprint density at radius 1 is 1.27 bits per heavy atom. The van der Waals surface area contributed by atoms with Crippen LogP contribution in [0.15, 0.2) is 18.2 Å². The van der Waals surface area contributed by atoms with Crippen LogP contribution in [0.3, 0.4) is 0 Å². The molecule has 0 heterocycles. The highest BCUT2D eigenvalue weighted by Crippen LogP contribution is 2.29. The zero-order chi connectivity index (χ0) is 11.3. The summed E-state index contributed by atoms with van der Waals surface area (Å²) in [7, 11) is 3.17. The van der Waals surface area contributed by atoms with Gasteiger partial charge < -0.3 is 19.9 Å². The quantitative estimate of drug-likeness (QED) is 0.753. The fraction of sp³-hybridized carbons (Fsp3) is 0.455. The molecule has 1 aromatic rings. The van der Waals surface area contributed by atoms with Gasteiger partial charge in [0, 0.05) is 13.2 Å². The average molecular weight is 211 g/mol. The lowest BCUT2D eigenvalue weighted by atomic mass is 10.1. The first-order valence-corrected chi connectivity index (χ1v) is 4.74. The molecule has 1 rings (SSSR count). The molecule has 0 aromatic heterocycles. The molecule has 4 heteroatoms. The monoisotopic (exact) mass is 211 g/mol. The van der Waals surface area contributed by atoms with Gasteiger partial charge in [-0.15, -0.1) is 0 Å². The van der Waals surface area contributed by atoms with Gasteiger partial charge in [-0.1, -0.05) is 6.07 Å². The summed E-state index contributed by atoms with van der Waals surface area (Å²) in [6.45, 7) is 2.12. The molecule has 0 spiro atoms. The molecule has 0 aliphatic carbocycles. The Morgan fingerprint density at radius 2 is 2.00 bits per heavy atom. The van der Waals surface area contributed by atoms with Crippen molar-refractivity contribution < 1.29 is 14.2 Å². The van der Waals surface area contributed by atoms with E-state index in [9.17, 15) is 0 Å². The van der Waals surface area contributed by atoms with Crippen LogP contribution in [0.25, 0.3) is 0 Å². The molecule has 15 heavy (non-hydrogen) atoms. The number of ether oxygens (including phenoxy) is 3. The van der Waals surface area contributed by atoms with Crippen molar-refractivity contribution in [2.45, 2.75) is 13.0 Å². The molecule has 0 unspecified atom stereocenters. The van der Waals surface area contributed by atoms with E-state index in [1.54, 1.807) is 14.2 Å². The standard InChI is InChI=1S/C11H17NO3/c1-8(12)9-4-5-10(15-7-13-2)11(6-9)14-3/h4-6,8H,7,12H2,1-3H3/t8-/m1/s1. The largest absolute Gasteiger partial charge is 0.493 e. The summed E-state index contributed by atoms with van der Waals surface area (Å²) in [6.07, 6.45) is 0. The summed E-state index contributed by atoms with van der Waals surface area (Å²) in [5.74, 6) is 1.32. The Morgan fingerprint density at radius 3 is 2.53 bits per heavy atom. The molecular weight excluding hydrogens is 194 g/mol. The van der Waals surface area contributed by atoms with Crippen LogP contribution in [0.4, 0.5) is 0 Å². The smallest absolute Gasteiger partial charge is 0.188 e. The van der Waals surface area contributed by atoms with Crippen molar-refractivity contribution >= 4 is 0 Å². The van der Waals surface area contributed by atoms with Gasteiger partial charge in [0.1, 0.15) is 0 Å². The van der Waals surface area contributed by atoms with Gasteiger partial charge in [-0.25, -0.2) is 0 Å². The van der Waals surface area contributed by atoms with Gasteiger partial charge in [-0.2, -0.15) is 0 Å². The third-order valence-corrected chi connectivity index (χ3v) is 2.05. The van der Waals surface area contributed by atoms with Crippen LogP contribution in [-0.2, 0) is 4.74 Å². The minimum absolute atomic E-state index is 0.0182. The third-order valence-electron chi connectivity index (χ3n) is 2.05. The van der Waals surface area contributed by atoms with Crippen molar-refractivity contribution in [2.75, 3.05) is 21.0 Å². The van der Waals surface area contributed by atoms with E-state index in [0.29, 0.717) is 11.5 Å². The fourth-order valence-corrected chi connectivity index (χ4v) is 1.21. The molecule has 4 nitrogen and oxygen atoms in total. The van der Waals surface area contributed by atoms with Crippen LogP contribution >= 0.6 is 0 Å².